The van der Waals surface area contributed by atoms with Crippen LogP contribution in [0.15, 0.2) is 6.20 Å². The Morgan fingerprint density at radius 2 is 1.86 bits per heavy atom. The molecule has 1 fully saturated rings. The van der Waals surface area contributed by atoms with Gasteiger partial charge in [-0.1, -0.05) is 26.0 Å². The van der Waals surface area contributed by atoms with Crippen molar-refractivity contribution in [1.29, 1.82) is 0 Å². The van der Waals surface area contributed by atoms with Crippen LogP contribution >= 0.6 is 0 Å². The standard InChI is InChI=1S/C12H19N3O6/c1-12(2,3)5-4-15(14-13-5)10-8(18)6(16)7(17)9(21-10)11(19)20/h4,6-10,16-18H,1-3H3,(H,19,20)/t6-,7-,8+,9+,10+/m0/s1. The van der Waals surface area contributed by atoms with Gasteiger partial charge in [-0.25, -0.2) is 9.48 Å². The molecule has 1 aromatic heterocycles. The molecule has 1 aliphatic heterocycles. The van der Waals surface area contributed by atoms with E-state index in [-0.39, 0.29) is 5.41 Å². The van der Waals surface area contributed by atoms with Gasteiger partial charge in [0, 0.05) is 5.41 Å². The number of nitrogens with zero attached hydrogens (tertiary/aromatic N) is 3. The summed E-state index contributed by atoms with van der Waals surface area (Å²) in [6.45, 7) is 5.74. The zero-order valence-corrected chi connectivity index (χ0v) is 11.9. The van der Waals surface area contributed by atoms with Crippen LogP contribution in [0.3, 0.4) is 0 Å². The number of hydrogen-bond acceptors (Lipinski definition) is 7. The third-order valence-corrected chi connectivity index (χ3v) is 3.37. The molecule has 0 bridgehead atoms. The van der Waals surface area contributed by atoms with Crippen LogP contribution in [0.4, 0.5) is 0 Å². The average Bonchev–Trinajstić information content (AvgIpc) is 2.85. The molecule has 1 aromatic rings. The van der Waals surface area contributed by atoms with Gasteiger partial charge in [0.25, 0.3) is 0 Å². The minimum atomic E-state index is -1.72. The lowest BCUT2D eigenvalue weighted by molar-refractivity contribution is -0.249. The first kappa shape index (κ1) is 15.8. The number of hydrogen-bond donors (Lipinski definition) is 4. The van der Waals surface area contributed by atoms with Crippen LogP contribution < -0.4 is 0 Å². The van der Waals surface area contributed by atoms with Gasteiger partial charge in [0.15, 0.2) is 12.3 Å². The molecular formula is C12H19N3O6. The summed E-state index contributed by atoms with van der Waals surface area (Å²) >= 11 is 0. The normalized spacial score (nSPS) is 33.9. The molecule has 1 saturated heterocycles. The van der Waals surface area contributed by atoms with Crippen molar-refractivity contribution in [2.75, 3.05) is 0 Å². The minimum Gasteiger partial charge on any atom is -0.479 e. The fourth-order valence-corrected chi connectivity index (χ4v) is 2.03. The van der Waals surface area contributed by atoms with Crippen molar-refractivity contribution in [3.8, 4) is 0 Å². The van der Waals surface area contributed by atoms with Gasteiger partial charge in [0.05, 0.1) is 11.9 Å². The summed E-state index contributed by atoms with van der Waals surface area (Å²) in [5, 5.41) is 46.1. The van der Waals surface area contributed by atoms with E-state index in [1.165, 1.54) is 6.20 Å². The first-order chi connectivity index (χ1) is 9.62. The molecule has 1 aliphatic rings. The summed E-state index contributed by atoms with van der Waals surface area (Å²) in [5.74, 6) is -1.44. The summed E-state index contributed by atoms with van der Waals surface area (Å²) in [6, 6.07) is 0. The number of aliphatic hydroxyl groups is 3. The Labute approximate surface area is 120 Å². The lowest BCUT2D eigenvalue weighted by atomic mass is 9.93. The topological polar surface area (TPSA) is 138 Å². The Balaban J connectivity index is 2.29. The summed E-state index contributed by atoms with van der Waals surface area (Å²) in [7, 11) is 0. The second-order valence-electron chi connectivity index (χ2n) is 6.09. The third-order valence-electron chi connectivity index (χ3n) is 3.37. The van der Waals surface area contributed by atoms with E-state index >= 15 is 0 Å². The van der Waals surface area contributed by atoms with E-state index in [1.807, 2.05) is 20.8 Å². The predicted molar refractivity (Wildman–Crippen MR) is 68.3 cm³/mol. The number of carboxylic acids is 1. The SMILES string of the molecule is CC(C)(C)c1cn([C@@H]2O[C@@H](C(=O)O)[C@@H](O)[C@H](O)[C@H]2O)nn1. The van der Waals surface area contributed by atoms with Crippen molar-refractivity contribution in [2.45, 2.75) is 56.8 Å². The van der Waals surface area contributed by atoms with E-state index in [0.29, 0.717) is 5.69 Å². The maximum absolute atomic E-state index is 11.0. The molecule has 0 aliphatic carbocycles. The van der Waals surface area contributed by atoms with Gasteiger partial charge in [-0.15, -0.1) is 5.10 Å². The van der Waals surface area contributed by atoms with E-state index < -0.39 is 36.6 Å². The average molecular weight is 301 g/mol. The van der Waals surface area contributed by atoms with Crippen LogP contribution in [0.25, 0.3) is 0 Å². The first-order valence-electron chi connectivity index (χ1n) is 6.47. The van der Waals surface area contributed by atoms with Gasteiger partial charge in [-0.05, 0) is 0 Å². The summed E-state index contributed by atoms with van der Waals surface area (Å²) < 4.78 is 6.30. The Kier molecular flexibility index (Phi) is 4.02. The highest BCUT2D eigenvalue weighted by Crippen LogP contribution is 2.29. The number of aliphatic carboxylic acids is 1. The van der Waals surface area contributed by atoms with Crippen molar-refractivity contribution in [3.05, 3.63) is 11.9 Å². The maximum atomic E-state index is 11.0. The van der Waals surface area contributed by atoms with Crippen LogP contribution in [0.2, 0.25) is 0 Å². The maximum Gasteiger partial charge on any atom is 0.335 e. The fourth-order valence-electron chi connectivity index (χ4n) is 2.03. The Morgan fingerprint density at radius 3 is 2.33 bits per heavy atom. The molecule has 2 heterocycles. The van der Waals surface area contributed by atoms with E-state index in [1.54, 1.807) is 0 Å². The predicted octanol–water partition coefficient (Wildman–Crippen LogP) is -1.36. The second-order valence-corrected chi connectivity index (χ2v) is 6.09. The van der Waals surface area contributed by atoms with Gasteiger partial charge in [-0.3, -0.25) is 0 Å². The van der Waals surface area contributed by atoms with Crippen molar-refractivity contribution in [3.63, 3.8) is 0 Å². The number of carboxylic acid groups (broad SMARTS) is 1. The summed E-state index contributed by atoms with van der Waals surface area (Å²) in [4.78, 5) is 11.0. The zero-order chi connectivity index (χ0) is 15.9. The fraction of sp³-hybridized carbons (Fsp3) is 0.750. The number of aromatic nitrogens is 3. The van der Waals surface area contributed by atoms with E-state index in [2.05, 4.69) is 10.3 Å². The molecule has 9 heteroatoms. The van der Waals surface area contributed by atoms with E-state index in [4.69, 9.17) is 9.84 Å². The molecule has 4 N–H and O–H groups in total. The van der Waals surface area contributed by atoms with Crippen molar-refractivity contribution in [1.82, 2.24) is 15.0 Å². The van der Waals surface area contributed by atoms with Crippen LogP contribution in [0.5, 0.6) is 0 Å². The molecule has 21 heavy (non-hydrogen) atoms. The third kappa shape index (κ3) is 2.91. The highest BCUT2D eigenvalue weighted by atomic mass is 16.6. The molecule has 9 nitrogen and oxygen atoms in total. The molecule has 5 atom stereocenters. The zero-order valence-electron chi connectivity index (χ0n) is 11.9. The molecule has 118 valence electrons. The van der Waals surface area contributed by atoms with Gasteiger partial charge in [0.2, 0.25) is 0 Å². The van der Waals surface area contributed by atoms with Crippen molar-refractivity contribution in [2.24, 2.45) is 0 Å². The number of ether oxygens (including phenoxy) is 1. The highest BCUT2D eigenvalue weighted by Gasteiger charge is 2.48. The summed E-state index contributed by atoms with van der Waals surface area (Å²) in [6.07, 6.45) is -6.29. The number of carbonyl (C=O) groups is 1. The number of aliphatic hydroxyl groups excluding tert-OH is 3. The summed E-state index contributed by atoms with van der Waals surface area (Å²) in [5.41, 5.74) is 0.327. The quantitative estimate of drug-likeness (QED) is 0.525. The minimum absolute atomic E-state index is 0.289. The van der Waals surface area contributed by atoms with Crippen LogP contribution in [-0.2, 0) is 14.9 Å². The van der Waals surface area contributed by atoms with Gasteiger partial charge >= 0.3 is 5.97 Å². The molecule has 0 aromatic carbocycles. The first-order valence-corrected chi connectivity index (χ1v) is 6.47. The highest BCUT2D eigenvalue weighted by molar-refractivity contribution is 5.73. The van der Waals surface area contributed by atoms with Gasteiger partial charge in [0.1, 0.15) is 18.3 Å². The van der Waals surface area contributed by atoms with Crippen LogP contribution in [0, 0.1) is 0 Å². The van der Waals surface area contributed by atoms with E-state index in [9.17, 15) is 20.1 Å². The Morgan fingerprint density at radius 1 is 1.24 bits per heavy atom. The van der Waals surface area contributed by atoms with Crippen molar-refractivity contribution >= 4 is 5.97 Å². The van der Waals surface area contributed by atoms with Gasteiger partial charge < -0.3 is 25.2 Å². The lowest BCUT2D eigenvalue weighted by Crippen LogP contribution is -2.57. The molecule has 0 amide bonds. The Hall–Kier alpha value is -1.55. The van der Waals surface area contributed by atoms with Crippen LogP contribution in [-0.4, -0.2) is 65.8 Å². The molecule has 2 rings (SSSR count). The smallest absolute Gasteiger partial charge is 0.335 e. The molecule has 0 saturated carbocycles. The second kappa shape index (κ2) is 5.34. The largest absolute Gasteiger partial charge is 0.479 e. The van der Waals surface area contributed by atoms with E-state index in [0.717, 1.165) is 4.68 Å². The van der Waals surface area contributed by atoms with Crippen LogP contribution in [0.1, 0.15) is 32.7 Å². The molecule has 0 spiro atoms. The monoisotopic (exact) mass is 301 g/mol. The number of rotatable bonds is 2. The van der Waals surface area contributed by atoms with Gasteiger partial charge in [-0.2, -0.15) is 0 Å². The molecular weight excluding hydrogens is 282 g/mol. The lowest BCUT2D eigenvalue weighted by Gasteiger charge is -2.38. The van der Waals surface area contributed by atoms with Crippen molar-refractivity contribution < 1.29 is 30.0 Å². The molecule has 0 radical (unpaired) electrons. The Bertz CT molecular complexity index is 525. The molecule has 0 unspecified atom stereocenters.